The number of hydrogen-bond acceptors (Lipinski definition) is 7. The summed E-state index contributed by atoms with van der Waals surface area (Å²) in [4.78, 5) is 50.2. The van der Waals surface area contributed by atoms with Crippen molar-refractivity contribution in [2.24, 2.45) is 5.92 Å². The van der Waals surface area contributed by atoms with Crippen molar-refractivity contribution < 1.29 is 19.1 Å². The van der Waals surface area contributed by atoms with E-state index >= 15 is 0 Å². The van der Waals surface area contributed by atoms with Crippen LogP contribution in [0.2, 0.25) is 0 Å². The molecule has 146 valence electrons. The van der Waals surface area contributed by atoms with Crippen LogP contribution in [0.15, 0.2) is 18.5 Å². The number of nitrogens with zero attached hydrogens (tertiary/aromatic N) is 5. The van der Waals surface area contributed by atoms with Crippen LogP contribution in [0.1, 0.15) is 20.3 Å². The molecule has 9 heteroatoms. The summed E-state index contributed by atoms with van der Waals surface area (Å²) in [6.07, 6.45) is 3.53. The molecule has 2 aliphatic rings. The lowest BCUT2D eigenvalue weighted by molar-refractivity contribution is -0.155. The third kappa shape index (κ3) is 4.53. The molecule has 2 aliphatic heterocycles. The zero-order valence-electron chi connectivity index (χ0n) is 15.7. The van der Waals surface area contributed by atoms with Crippen LogP contribution >= 0.6 is 0 Å². The highest BCUT2D eigenvalue weighted by Crippen LogP contribution is 2.21. The van der Waals surface area contributed by atoms with Gasteiger partial charge in [-0.25, -0.2) is 9.97 Å². The van der Waals surface area contributed by atoms with Crippen molar-refractivity contribution in [3.63, 3.8) is 0 Å². The minimum Gasteiger partial charge on any atom is -0.455 e. The summed E-state index contributed by atoms with van der Waals surface area (Å²) in [6, 6.07) is 1.82. The predicted octanol–water partition coefficient (Wildman–Crippen LogP) is -0.0747. The van der Waals surface area contributed by atoms with Gasteiger partial charge in [0.2, 0.25) is 11.9 Å². The van der Waals surface area contributed by atoms with Crippen molar-refractivity contribution in [3.8, 4) is 0 Å². The molecule has 3 rings (SSSR count). The highest BCUT2D eigenvalue weighted by molar-refractivity contribution is 5.88. The second kappa shape index (κ2) is 8.32. The molecule has 1 unspecified atom stereocenters. The molecule has 0 saturated carbocycles. The molecule has 1 aromatic rings. The van der Waals surface area contributed by atoms with Gasteiger partial charge in [0.25, 0.3) is 5.91 Å². The van der Waals surface area contributed by atoms with Crippen LogP contribution in [-0.4, -0.2) is 82.9 Å². The van der Waals surface area contributed by atoms with Crippen LogP contribution in [-0.2, 0) is 19.1 Å². The van der Waals surface area contributed by atoms with Crippen LogP contribution < -0.4 is 4.90 Å². The fourth-order valence-corrected chi connectivity index (χ4v) is 3.34. The second-order valence-corrected chi connectivity index (χ2v) is 7.07. The molecular weight excluding hydrogens is 350 g/mol. The summed E-state index contributed by atoms with van der Waals surface area (Å²) in [5.74, 6) is -0.577. The van der Waals surface area contributed by atoms with Gasteiger partial charge in [-0.2, -0.15) is 0 Å². The Kier molecular flexibility index (Phi) is 5.88. The number of hydrogen-bond donors (Lipinski definition) is 0. The molecule has 2 saturated heterocycles. The molecule has 0 bridgehead atoms. The molecule has 2 amide bonds. The first-order valence-corrected chi connectivity index (χ1v) is 9.21. The molecule has 9 nitrogen and oxygen atoms in total. The number of ether oxygens (including phenoxy) is 1. The van der Waals surface area contributed by atoms with Gasteiger partial charge < -0.3 is 19.4 Å². The third-order valence-corrected chi connectivity index (χ3v) is 4.92. The molecule has 1 aromatic heterocycles. The first kappa shape index (κ1) is 19.1. The summed E-state index contributed by atoms with van der Waals surface area (Å²) in [5.41, 5.74) is 0. The van der Waals surface area contributed by atoms with E-state index in [1.165, 1.54) is 0 Å². The number of amides is 2. The molecule has 0 radical (unpaired) electrons. The molecule has 3 heterocycles. The fraction of sp³-hybridized carbons (Fsp3) is 0.611. The van der Waals surface area contributed by atoms with Gasteiger partial charge in [0, 0.05) is 57.6 Å². The predicted molar refractivity (Wildman–Crippen MR) is 96.7 cm³/mol. The van der Waals surface area contributed by atoms with Crippen molar-refractivity contribution in [2.75, 3.05) is 44.2 Å². The number of likely N-dealkylation sites (tertiary alicyclic amines) is 1. The lowest BCUT2D eigenvalue weighted by atomic mass is 10.1. The van der Waals surface area contributed by atoms with E-state index in [-0.39, 0.29) is 30.9 Å². The first-order valence-electron chi connectivity index (χ1n) is 9.21. The molecular formula is C18H25N5O4. The fourth-order valence-electron chi connectivity index (χ4n) is 3.34. The highest BCUT2D eigenvalue weighted by atomic mass is 16.5. The minimum atomic E-state index is -0.486. The van der Waals surface area contributed by atoms with Gasteiger partial charge in [0.15, 0.2) is 6.61 Å². The number of esters is 1. The van der Waals surface area contributed by atoms with Gasteiger partial charge in [-0.05, 0) is 19.9 Å². The summed E-state index contributed by atoms with van der Waals surface area (Å²) < 4.78 is 5.18. The Hall–Kier alpha value is -2.71. The van der Waals surface area contributed by atoms with Crippen LogP contribution in [0.4, 0.5) is 5.95 Å². The van der Waals surface area contributed by atoms with E-state index in [9.17, 15) is 14.4 Å². The largest absolute Gasteiger partial charge is 0.455 e. The number of piperazine rings is 1. The quantitative estimate of drug-likeness (QED) is 0.665. The average Bonchev–Trinajstić information content (AvgIpc) is 3.09. The van der Waals surface area contributed by atoms with Crippen LogP contribution in [0.25, 0.3) is 0 Å². The molecule has 1 atom stereocenters. The Bertz CT molecular complexity index is 688. The smallest absolute Gasteiger partial charge is 0.311 e. The van der Waals surface area contributed by atoms with E-state index in [2.05, 4.69) is 9.97 Å². The molecule has 2 fully saturated rings. The topological polar surface area (TPSA) is 95.9 Å². The van der Waals surface area contributed by atoms with Gasteiger partial charge in [0.1, 0.15) is 0 Å². The summed E-state index contributed by atoms with van der Waals surface area (Å²) in [6.45, 7) is 6.21. The van der Waals surface area contributed by atoms with E-state index in [4.69, 9.17) is 4.74 Å². The van der Waals surface area contributed by atoms with Gasteiger partial charge >= 0.3 is 5.97 Å². The van der Waals surface area contributed by atoms with E-state index < -0.39 is 11.9 Å². The second-order valence-electron chi connectivity index (χ2n) is 7.07. The third-order valence-electron chi connectivity index (χ3n) is 4.92. The normalized spacial score (nSPS) is 20.3. The maximum atomic E-state index is 12.3. The monoisotopic (exact) mass is 375 g/mol. The Morgan fingerprint density at radius 3 is 2.44 bits per heavy atom. The maximum absolute atomic E-state index is 12.3. The Morgan fingerprint density at radius 1 is 1.19 bits per heavy atom. The van der Waals surface area contributed by atoms with E-state index in [1.54, 1.807) is 28.3 Å². The summed E-state index contributed by atoms with van der Waals surface area (Å²) in [5, 5.41) is 0. The van der Waals surface area contributed by atoms with E-state index in [1.807, 2.05) is 18.7 Å². The molecule has 0 N–H and O–H groups in total. The van der Waals surface area contributed by atoms with Crippen molar-refractivity contribution in [1.29, 1.82) is 0 Å². The highest BCUT2D eigenvalue weighted by Gasteiger charge is 2.36. The van der Waals surface area contributed by atoms with Gasteiger partial charge in [-0.1, -0.05) is 0 Å². The maximum Gasteiger partial charge on any atom is 0.311 e. The zero-order chi connectivity index (χ0) is 19.4. The van der Waals surface area contributed by atoms with Gasteiger partial charge in [-0.3, -0.25) is 14.4 Å². The standard InChI is InChI=1S/C18H25N5O4/c1-13(2)23-11-14(10-15(23)24)17(26)27-12-16(25)21-6-8-22(9-7-21)18-19-4-3-5-20-18/h3-5,13-14H,6-12H2,1-2H3. The van der Waals surface area contributed by atoms with Crippen LogP contribution in [0.5, 0.6) is 0 Å². The van der Waals surface area contributed by atoms with E-state index in [0.29, 0.717) is 38.7 Å². The van der Waals surface area contributed by atoms with Gasteiger partial charge in [-0.15, -0.1) is 0 Å². The molecule has 27 heavy (non-hydrogen) atoms. The van der Waals surface area contributed by atoms with Crippen molar-refractivity contribution in [3.05, 3.63) is 18.5 Å². The molecule has 0 spiro atoms. The van der Waals surface area contributed by atoms with E-state index in [0.717, 1.165) is 0 Å². The van der Waals surface area contributed by atoms with Crippen LogP contribution in [0.3, 0.4) is 0 Å². The summed E-state index contributed by atoms with van der Waals surface area (Å²) in [7, 11) is 0. The van der Waals surface area contributed by atoms with Gasteiger partial charge in [0.05, 0.1) is 5.92 Å². The number of anilines is 1. The Morgan fingerprint density at radius 2 is 1.85 bits per heavy atom. The SMILES string of the molecule is CC(C)N1CC(C(=O)OCC(=O)N2CCN(c3ncccn3)CC2)CC1=O. The first-order chi connectivity index (χ1) is 13.0. The number of rotatable bonds is 5. The average molecular weight is 375 g/mol. The molecule has 0 aromatic carbocycles. The molecule has 0 aliphatic carbocycles. The van der Waals surface area contributed by atoms with Crippen molar-refractivity contribution in [2.45, 2.75) is 26.3 Å². The van der Waals surface area contributed by atoms with Crippen LogP contribution in [0, 0.1) is 5.92 Å². The van der Waals surface area contributed by atoms with Crippen molar-refractivity contribution >= 4 is 23.7 Å². The Labute approximate surface area is 158 Å². The zero-order valence-corrected chi connectivity index (χ0v) is 15.7. The Balaban J connectivity index is 1.42. The van der Waals surface area contributed by atoms with Crippen molar-refractivity contribution in [1.82, 2.24) is 19.8 Å². The lowest BCUT2D eigenvalue weighted by Crippen LogP contribution is -2.50. The minimum absolute atomic E-state index is 0.0440. The lowest BCUT2D eigenvalue weighted by Gasteiger charge is -2.34. The number of carbonyl (C=O) groups is 3. The number of carbonyl (C=O) groups excluding carboxylic acids is 3. The summed E-state index contributed by atoms with van der Waals surface area (Å²) >= 11 is 0. The number of aromatic nitrogens is 2.